The monoisotopic (exact) mass is 357 g/mol. The second-order valence-electron chi connectivity index (χ2n) is 4.26. The number of thiophene rings is 1. The van der Waals surface area contributed by atoms with Crippen molar-refractivity contribution >= 4 is 49.8 Å². The van der Waals surface area contributed by atoms with Crippen LogP contribution in [0.15, 0.2) is 45.0 Å². The number of rotatable bonds is 2. The summed E-state index contributed by atoms with van der Waals surface area (Å²) in [5, 5.41) is 11.7. The number of fused-ring (bicyclic) bond motifs is 1. The van der Waals surface area contributed by atoms with E-state index in [4.69, 9.17) is 0 Å². The van der Waals surface area contributed by atoms with E-state index in [1.165, 1.54) is 11.3 Å². The highest BCUT2D eigenvalue weighted by molar-refractivity contribution is 9.10. The van der Waals surface area contributed by atoms with Crippen molar-refractivity contribution in [2.75, 3.05) is 0 Å². The molecule has 3 rings (SSSR count). The molecule has 0 aliphatic carbocycles. The van der Waals surface area contributed by atoms with Crippen molar-refractivity contribution in [3.63, 3.8) is 0 Å². The minimum absolute atomic E-state index is 0.261. The Kier molecular flexibility index (Phi) is 3.69. The van der Waals surface area contributed by atoms with Gasteiger partial charge in [-0.3, -0.25) is 4.79 Å². The Morgan fingerprint density at radius 3 is 3.00 bits per heavy atom. The third kappa shape index (κ3) is 2.79. The summed E-state index contributed by atoms with van der Waals surface area (Å²) in [6.45, 7) is 0. The van der Waals surface area contributed by atoms with Crippen LogP contribution in [-0.4, -0.2) is 9.97 Å². The molecule has 0 atom stereocenters. The molecule has 0 fully saturated rings. The van der Waals surface area contributed by atoms with Gasteiger partial charge in [-0.25, -0.2) is 4.98 Å². The van der Waals surface area contributed by atoms with Crippen LogP contribution < -0.4 is 5.56 Å². The number of H-pyrrole nitrogens is 1. The van der Waals surface area contributed by atoms with Gasteiger partial charge in [0.15, 0.2) is 5.82 Å². The summed E-state index contributed by atoms with van der Waals surface area (Å²) in [7, 11) is 0. The van der Waals surface area contributed by atoms with Crippen molar-refractivity contribution in [3.8, 4) is 6.07 Å². The highest BCUT2D eigenvalue weighted by Gasteiger charge is 2.09. The molecule has 3 aromatic rings. The molecule has 2 aromatic heterocycles. The van der Waals surface area contributed by atoms with E-state index >= 15 is 0 Å². The third-order valence-electron chi connectivity index (χ3n) is 2.87. The molecule has 0 saturated carbocycles. The molecule has 0 spiro atoms. The first-order chi connectivity index (χ1) is 10.2. The molecule has 1 aromatic carbocycles. The van der Waals surface area contributed by atoms with Gasteiger partial charge < -0.3 is 4.98 Å². The number of aromatic nitrogens is 2. The fraction of sp³-hybridized carbons (Fsp3) is 0. The molecule has 4 nitrogen and oxygen atoms in total. The normalized spacial score (nSPS) is 11.5. The van der Waals surface area contributed by atoms with E-state index in [1.807, 2.05) is 23.6 Å². The Labute approximate surface area is 132 Å². The summed E-state index contributed by atoms with van der Waals surface area (Å²) in [6, 6.07) is 11.2. The van der Waals surface area contributed by atoms with E-state index in [1.54, 1.807) is 18.2 Å². The highest BCUT2D eigenvalue weighted by atomic mass is 79.9. The van der Waals surface area contributed by atoms with Crippen LogP contribution in [0, 0.1) is 11.3 Å². The van der Waals surface area contributed by atoms with Crippen molar-refractivity contribution in [1.29, 1.82) is 5.26 Å². The lowest BCUT2D eigenvalue weighted by molar-refractivity contribution is 1.13. The molecule has 102 valence electrons. The standard InChI is InChI=1S/C15H8BrN3OS/c16-10-3-4-13-12(7-10)15(20)19-14(18-13)9(8-17)6-11-2-1-5-21-11/h1-7H,(H,18,19,20)/b9-6+. The number of hydrogen-bond donors (Lipinski definition) is 1. The summed E-state index contributed by atoms with van der Waals surface area (Å²) in [5.74, 6) is 0.283. The molecule has 2 heterocycles. The van der Waals surface area contributed by atoms with Crippen LogP contribution in [0.5, 0.6) is 0 Å². The predicted molar refractivity (Wildman–Crippen MR) is 87.9 cm³/mol. The lowest BCUT2D eigenvalue weighted by atomic mass is 10.2. The summed E-state index contributed by atoms with van der Waals surface area (Å²) in [4.78, 5) is 20.1. The molecule has 1 N–H and O–H groups in total. The van der Waals surface area contributed by atoms with E-state index in [0.29, 0.717) is 16.5 Å². The molecule has 0 aliphatic heterocycles. The number of hydrogen-bond acceptors (Lipinski definition) is 4. The van der Waals surface area contributed by atoms with E-state index in [-0.39, 0.29) is 11.4 Å². The Balaban J connectivity index is 2.19. The van der Waals surface area contributed by atoms with E-state index in [0.717, 1.165) is 9.35 Å². The summed E-state index contributed by atoms with van der Waals surface area (Å²) in [5.41, 5.74) is 0.632. The van der Waals surface area contributed by atoms with Crippen LogP contribution >= 0.6 is 27.3 Å². The number of aromatic amines is 1. The SMILES string of the molecule is N#C/C(=C\c1cccs1)c1nc2ccc(Br)cc2c(=O)[nH]1. The molecule has 21 heavy (non-hydrogen) atoms. The van der Waals surface area contributed by atoms with E-state index in [2.05, 4.69) is 32.0 Å². The molecule has 6 heteroatoms. The predicted octanol–water partition coefficient (Wildman–Crippen LogP) is 3.81. The van der Waals surface area contributed by atoms with Gasteiger partial charge in [0.05, 0.1) is 16.5 Å². The quantitative estimate of drug-likeness (QED) is 0.708. The first kappa shape index (κ1) is 13.7. The zero-order valence-corrected chi connectivity index (χ0v) is 13.0. The number of nitriles is 1. The van der Waals surface area contributed by atoms with Crippen molar-refractivity contribution in [3.05, 3.63) is 61.2 Å². The average Bonchev–Trinajstić information content (AvgIpc) is 2.98. The fourth-order valence-corrected chi connectivity index (χ4v) is 2.93. The molecule has 0 aliphatic rings. The molecular weight excluding hydrogens is 350 g/mol. The summed E-state index contributed by atoms with van der Waals surface area (Å²) >= 11 is 4.84. The van der Waals surface area contributed by atoms with Crippen LogP contribution in [0.3, 0.4) is 0 Å². The fourth-order valence-electron chi connectivity index (χ4n) is 1.91. The topological polar surface area (TPSA) is 69.5 Å². The average molecular weight is 358 g/mol. The lowest BCUT2D eigenvalue weighted by Gasteiger charge is -2.02. The Morgan fingerprint density at radius 2 is 2.29 bits per heavy atom. The Morgan fingerprint density at radius 1 is 1.43 bits per heavy atom. The van der Waals surface area contributed by atoms with Crippen LogP contribution in [-0.2, 0) is 0 Å². The summed E-state index contributed by atoms with van der Waals surface area (Å²) in [6.07, 6.45) is 1.72. The minimum atomic E-state index is -0.261. The molecule has 0 amide bonds. The molecule has 0 radical (unpaired) electrons. The van der Waals surface area contributed by atoms with Crippen molar-refractivity contribution in [2.45, 2.75) is 0 Å². The summed E-state index contributed by atoms with van der Waals surface area (Å²) < 4.78 is 0.810. The largest absolute Gasteiger partial charge is 0.305 e. The van der Waals surface area contributed by atoms with Crippen molar-refractivity contribution < 1.29 is 0 Å². The second kappa shape index (κ2) is 5.64. The van der Waals surface area contributed by atoms with Gasteiger partial charge in [-0.1, -0.05) is 22.0 Å². The highest BCUT2D eigenvalue weighted by Crippen LogP contribution is 2.20. The van der Waals surface area contributed by atoms with Gasteiger partial charge in [0.2, 0.25) is 0 Å². The minimum Gasteiger partial charge on any atom is -0.305 e. The Hall–Kier alpha value is -2.23. The van der Waals surface area contributed by atoms with Gasteiger partial charge in [-0.15, -0.1) is 11.3 Å². The van der Waals surface area contributed by atoms with Gasteiger partial charge in [0, 0.05) is 9.35 Å². The number of nitrogens with one attached hydrogen (secondary N) is 1. The third-order valence-corrected chi connectivity index (χ3v) is 4.19. The number of halogens is 1. The maximum absolute atomic E-state index is 12.1. The molecule has 0 bridgehead atoms. The molecular formula is C15H8BrN3OS. The maximum atomic E-state index is 12.1. The number of nitrogens with zero attached hydrogens (tertiary/aromatic N) is 2. The van der Waals surface area contributed by atoms with Crippen LogP contribution in [0.25, 0.3) is 22.6 Å². The molecule has 0 unspecified atom stereocenters. The smallest absolute Gasteiger partial charge is 0.259 e. The van der Waals surface area contributed by atoms with E-state index in [9.17, 15) is 10.1 Å². The number of benzene rings is 1. The lowest BCUT2D eigenvalue weighted by Crippen LogP contribution is -2.11. The first-order valence-corrected chi connectivity index (χ1v) is 7.70. The van der Waals surface area contributed by atoms with Gasteiger partial charge in [-0.2, -0.15) is 5.26 Å². The van der Waals surface area contributed by atoms with Crippen molar-refractivity contribution in [2.24, 2.45) is 0 Å². The zero-order chi connectivity index (χ0) is 14.8. The Bertz CT molecular complexity index is 936. The van der Waals surface area contributed by atoms with Crippen molar-refractivity contribution in [1.82, 2.24) is 9.97 Å². The molecule has 0 saturated heterocycles. The van der Waals surface area contributed by atoms with Gasteiger partial charge >= 0.3 is 0 Å². The van der Waals surface area contributed by atoms with Gasteiger partial charge in [0.1, 0.15) is 6.07 Å². The van der Waals surface area contributed by atoms with Gasteiger partial charge in [-0.05, 0) is 35.7 Å². The van der Waals surface area contributed by atoms with Gasteiger partial charge in [0.25, 0.3) is 5.56 Å². The maximum Gasteiger partial charge on any atom is 0.259 e. The zero-order valence-electron chi connectivity index (χ0n) is 10.6. The van der Waals surface area contributed by atoms with E-state index < -0.39 is 0 Å². The second-order valence-corrected chi connectivity index (χ2v) is 6.16. The first-order valence-electron chi connectivity index (χ1n) is 6.02. The van der Waals surface area contributed by atoms with Crippen LogP contribution in [0.2, 0.25) is 0 Å². The number of allylic oxidation sites excluding steroid dienone is 1. The van der Waals surface area contributed by atoms with Crippen LogP contribution in [0.1, 0.15) is 10.7 Å². The van der Waals surface area contributed by atoms with Crippen LogP contribution in [0.4, 0.5) is 0 Å².